The molecule has 0 bridgehead atoms. The van der Waals surface area contributed by atoms with Gasteiger partial charge in [-0.05, 0) is 54.3 Å². The molecule has 1 saturated heterocycles. The van der Waals surface area contributed by atoms with E-state index < -0.39 is 10.0 Å². The Bertz CT molecular complexity index is 964. The molecule has 0 aromatic carbocycles. The maximum atomic E-state index is 13.2. The highest BCUT2D eigenvalue weighted by Gasteiger charge is 2.31. The summed E-state index contributed by atoms with van der Waals surface area (Å²) in [4.78, 5) is 10.2. The smallest absolute Gasteiger partial charge is 0.244 e. The van der Waals surface area contributed by atoms with Crippen molar-refractivity contribution in [2.24, 2.45) is 0 Å². The van der Waals surface area contributed by atoms with Crippen LogP contribution >= 0.6 is 11.3 Å². The van der Waals surface area contributed by atoms with Crippen LogP contribution in [0.5, 0.6) is 0 Å². The number of hydrogen-bond acceptors (Lipinski definition) is 5. The van der Waals surface area contributed by atoms with Crippen molar-refractivity contribution in [1.82, 2.24) is 14.3 Å². The van der Waals surface area contributed by atoms with Crippen molar-refractivity contribution < 1.29 is 8.42 Å². The lowest BCUT2D eigenvalue weighted by Crippen LogP contribution is -2.27. The van der Waals surface area contributed by atoms with Gasteiger partial charge in [0.05, 0.1) is 4.88 Å². The number of hydrogen-bond donors (Lipinski definition) is 0. The standard InChI is InChI=1S/C18H17N3O2S2/c22-25(23,21-11-1-2-12-21)17-13-16(14-3-7-19-8-4-14)24-18(17)15-5-9-20-10-6-15/h3-10,13H,1-2,11-12H2. The van der Waals surface area contributed by atoms with E-state index in [9.17, 15) is 8.42 Å². The maximum absolute atomic E-state index is 13.2. The Morgan fingerprint density at radius 2 is 1.44 bits per heavy atom. The van der Waals surface area contributed by atoms with Crippen molar-refractivity contribution in [2.75, 3.05) is 13.1 Å². The molecule has 4 heterocycles. The summed E-state index contributed by atoms with van der Waals surface area (Å²) < 4.78 is 27.9. The molecule has 0 spiro atoms. The summed E-state index contributed by atoms with van der Waals surface area (Å²) in [5.74, 6) is 0. The zero-order valence-electron chi connectivity index (χ0n) is 13.5. The molecule has 25 heavy (non-hydrogen) atoms. The number of rotatable bonds is 4. The van der Waals surface area contributed by atoms with Gasteiger partial charge in [-0.1, -0.05) is 0 Å². The molecule has 3 aromatic heterocycles. The molecule has 0 radical (unpaired) electrons. The predicted octanol–water partition coefficient (Wildman–Crippen LogP) is 3.66. The number of pyridine rings is 2. The van der Waals surface area contributed by atoms with Crippen LogP contribution in [0.3, 0.4) is 0 Å². The van der Waals surface area contributed by atoms with E-state index in [0.717, 1.165) is 33.7 Å². The summed E-state index contributed by atoms with van der Waals surface area (Å²) >= 11 is 1.49. The SMILES string of the molecule is O=S(=O)(c1cc(-c2ccncc2)sc1-c1ccncc1)N1CCCC1. The largest absolute Gasteiger partial charge is 0.265 e. The Balaban J connectivity index is 1.88. The van der Waals surface area contributed by atoms with Gasteiger partial charge in [0, 0.05) is 42.8 Å². The van der Waals surface area contributed by atoms with Crippen LogP contribution in [0.15, 0.2) is 60.0 Å². The molecule has 0 aliphatic carbocycles. The molecule has 3 aromatic rings. The Morgan fingerprint density at radius 3 is 2.04 bits per heavy atom. The molecule has 4 rings (SSSR count). The third kappa shape index (κ3) is 3.10. The molecular weight excluding hydrogens is 354 g/mol. The van der Waals surface area contributed by atoms with E-state index in [2.05, 4.69) is 9.97 Å². The van der Waals surface area contributed by atoms with Gasteiger partial charge in [-0.15, -0.1) is 11.3 Å². The minimum Gasteiger partial charge on any atom is -0.265 e. The molecule has 0 N–H and O–H groups in total. The van der Waals surface area contributed by atoms with Crippen LogP contribution in [0, 0.1) is 0 Å². The molecule has 7 heteroatoms. The van der Waals surface area contributed by atoms with E-state index in [1.54, 1.807) is 35.2 Å². The number of nitrogens with zero attached hydrogens (tertiary/aromatic N) is 3. The molecular formula is C18H17N3O2S2. The highest BCUT2D eigenvalue weighted by molar-refractivity contribution is 7.89. The summed E-state index contributed by atoms with van der Waals surface area (Å²) in [5, 5.41) is 0. The van der Waals surface area contributed by atoms with Crippen molar-refractivity contribution in [1.29, 1.82) is 0 Å². The molecule has 0 amide bonds. The van der Waals surface area contributed by atoms with Crippen LogP contribution < -0.4 is 0 Å². The van der Waals surface area contributed by atoms with Crippen LogP contribution in [-0.4, -0.2) is 35.8 Å². The van der Waals surface area contributed by atoms with Gasteiger partial charge < -0.3 is 0 Å². The van der Waals surface area contributed by atoms with Crippen molar-refractivity contribution in [3.63, 3.8) is 0 Å². The van der Waals surface area contributed by atoms with Crippen LogP contribution in [0.4, 0.5) is 0 Å². The predicted molar refractivity (Wildman–Crippen MR) is 98.8 cm³/mol. The average molecular weight is 371 g/mol. The Hall–Kier alpha value is -2.09. The summed E-state index contributed by atoms with van der Waals surface area (Å²) in [6.07, 6.45) is 8.66. The zero-order chi connectivity index (χ0) is 17.3. The third-order valence-electron chi connectivity index (χ3n) is 4.29. The molecule has 0 unspecified atom stereocenters. The molecule has 5 nitrogen and oxygen atoms in total. The lowest BCUT2D eigenvalue weighted by atomic mass is 10.2. The minimum absolute atomic E-state index is 0.386. The first-order valence-corrected chi connectivity index (χ1v) is 10.4. The van der Waals surface area contributed by atoms with Gasteiger partial charge >= 0.3 is 0 Å². The Labute approximate surface area is 151 Å². The third-order valence-corrected chi connectivity index (χ3v) is 7.57. The van der Waals surface area contributed by atoms with Crippen molar-refractivity contribution >= 4 is 21.4 Å². The van der Waals surface area contributed by atoms with Crippen molar-refractivity contribution in [3.05, 3.63) is 55.1 Å². The summed E-state index contributed by atoms with van der Waals surface area (Å²) in [6.45, 7) is 1.19. The molecule has 0 saturated carbocycles. The van der Waals surface area contributed by atoms with E-state index in [4.69, 9.17) is 0 Å². The van der Waals surface area contributed by atoms with E-state index in [1.807, 2.05) is 24.3 Å². The lowest BCUT2D eigenvalue weighted by Gasteiger charge is -2.15. The monoisotopic (exact) mass is 371 g/mol. The second kappa shape index (κ2) is 6.67. The van der Waals surface area contributed by atoms with Gasteiger partial charge in [-0.3, -0.25) is 9.97 Å². The maximum Gasteiger partial charge on any atom is 0.244 e. The Morgan fingerprint density at radius 1 is 0.880 bits per heavy atom. The van der Waals surface area contributed by atoms with Gasteiger partial charge in [-0.25, -0.2) is 8.42 Å². The average Bonchev–Trinajstić information content (AvgIpc) is 3.34. The van der Waals surface area contributed by atoms with E-state index >= 15 is 0 Å². The first-order chi connectivity index (χ1) is 12.2. The van der Waals surface area contributed by atoms with Crippen molar-refractivity contribution in [2.45, 2.75) is 17.7 Å². The minimum atomic E-state index is -3.50. The fraction of sp³-hybridized carbons (Fsp3) is 0.222. The second-order valence-electron chi connectivity index (χ2n) is 5.89. The van der Waals surface area contributed by atoms with Crippen molar-refractivity contribution in [3.8, 4) is 20.9 Å². The quantitative estimate of drug-likeness (QED) is 0.702. The lowest BCUT2D eigenvalue weighted by molar-refractivity contribution is 0.478. The van der Waals surface area contributed by atoms with Gasteiger partial charge in [0.25, 0.3) is 0 Å². The Kier molecular flexibility index (Phi) is 4.37. The normalized spacial score (nSPS) is 15.5. The summed E-state index contributed by atoms with van der Waals surface area (Å²) in [6, 6.07) is 9.29. The highest BCUT2D eigenvalue weighted by Crippen LogP contribution is 2.41. The first-order valence-electron chi connectivity index (χ1n) is 8.11. The van der Waals surface area contributed by atoms with Gasteiger partial charge in [0.15, 0.2) is 0 Å². The van der Waals surface area contributed by atoms with E-state index in [-0.39, 0.29) is 0 Å². The summed E-state index contributed by atoms with van der Waals surface area (Å²) in [7, 11) is -3.50. The van der Waals surface area contributed by atoms with Gasteiger partial charge in [0.2, 0.25) is 10.0 Å². The fourth-order valence-electron chi connectivity index (χ4n) is 3.00. The van der Waals surface area contributed by atoms with Gasteiger partial charge in [-0.2, -0.15) is 4.31 Å². The first kappa shape index (κ1) is 16.4. The van der Waals surface area contributed by atoms with Crippen LogP contribution in [0.25, 0.3) is 20.9 Å². The second-order valence-corrected chi connectivity index (χ2v) is 8.85. The number of aromatic nitrogens is 2. The molecule has 0 atom stereocenters. The molecule has 1 aliphatic rings. The molecule has 1 aliphatic heterocycles. The summed E-state index contributed by atoms with van der Waals surface area (Å²) in [5.41, 5.74) is 1.84. The van der Waals surface area contributed by atoms with Crippen LogP contribution in [0.2, 0.25) is 0 Å². The topological polar surface area (TPSA) is 63.2 Å². The van der Waals surface area contributed by atoms with Crippen LogP contribution in [-0.2, 0) is 10.0 Å². The van der Waals surface area contributed by atoms with Crippen LogP contribution in [0.1, 0.15) is 12.8 Å². The number of thiophene rings is 1. The molecule has 128 valence electrons. The zero-order valence-corrected chi connectivity index (χ0v) is 15.1. The number of sulfonamides is 1. The highest BCUT2D eigenvalue weighted by atomic mass is 32.2. The fourth-order valence-corrected chi connectivity index (χ4v) is 6.21. The molecule has 1 fully saturated rings. The van der Waals surface area contributed by atoms with E-state index in [0.29, 0.717) is 18.0 Å². The van der Waals surface area contributed by atoms with E-state index in [1.165, 1.54) is 11.3 Å². The van der Waals surface area contributed by atoms with Gasteiger partial charge in [0.1, 0.15) is 4.90 Å².